The van der Waals surface area contributed by atoms with Gasteiger partial charge in [-0.05, 0) is 32.6 Å². The van der Waals surface area contributed by atoms with Gasteiger partial charge in [0.25, 0.3) is 0 Å². The predicted molar refractivity (Wildman–Crippen MR) is 62.4 cm³/mol. The fraction of sp³-hybridized carbons (Fsp3) is 0.917. The molecule has 1 saturated carbocycles. The number of carbonyl (C=O) groups is 1. The molecule has 3 unspecified atom stereocenters. The van der Waals surface area contributed by atoms with Gasteiger partial charge >= 0.3 is 0 Å². The molecule has 0 heterocycles. The van der Waals surface area contributed by atoms with E-state index in [2.05, 4.69) is 12.2 Å². The second kappa shape index (κ2) is 5.50. The smallest absolute Gasteiger partial charge is 0.224 e. The number of rotatable bonds is 4. The minimum atomic E-state index is -0.0890. The summed E-state index contributed by atoms with van der Waals surface area (Å²) in [4.78, 5) is 11.8. The van der Waals surface area contributed by atoms with Gasteiger partial charge in [0.2, 0.25) is 5.91 Å². The van der Waals surface area contributed by atoms with E-state index in [4.69, 9.17) is 5.73 Å². The van der Waals surface area contributed by atoms with Gasteiger partial charge in [0, 0.05) is 18.0 Å². The predicted octanol–water partition coefficient (Wildman–Crippen LogP) is 1.66. The van der Waals surface area contributed by atoms with Crippen LogP contribution < -0.4 is 11.1 Å². The Balaban J connectivity index is 2.36. The third kappa shape index (κ3) is 3.49. The highest BCUT2D eigenvalue weighted by Crippen LogP contribution is 2.27. The van der Waals surface area contributed by atoms with E-state index in [0.717, 1.165) is 0 Å². The Labute approximate surface area is 92.8 Å². The van der Waals surface area contributed by atoms with Crippen molar-refractivity contribution in [3.8, 4) is 0 Å². The van der Waals surface area contributed by atoms with Crippen LogP contribution in [0.2, 0.25) is 0 Å². The summed E-state index contributed by atoms with van der Waals surface area (Å²) in [5, 5.41) is 3.08. The molecule has 0 spiro atoms. The first-order valence-corrected chi connectivity index (χ1v) is 6.08. The van der Waals surface area contributed by atoms with Crippen LogP contribution in [0.3, 0.4) is 0 Å². The van der Waals surface area contributed by atoms with E-state index < -0.39 is 0 Å². The number of hydrogen-bond acceptors (Lipinski definition) is 2. The van der Waals surface area contributed by atoms with Crippen molar-refractivity contribution in [3.05, 3.63) is 0 Å². The van der Waals surface area contributed by atoms with E-state index in [1.165, 1.54) is 25.7 Å². The first-order chi connectivity index (χ1) is 7.02. The molecular formula is C12H24N2O. The van der Waals surface area contributed by atoms with Crippen molar-refractivity contribution in [1.29, 1.82) is 0 Å². The first-order valence-electron chi connectivity index (χ1n) is 6.08. The summed E-state index contributed by atoms with van der Waals surface area (Å²) in [5.41, 5.74) is 5.71. The second-order valence-corrected chi connectivity index (χ2v) is 4.99. The molecule has 1 amide bonds. The molecule has 0 aromatic rings. The molecule has 3 atom stereocenters. The van der Waals surface area contributed by atoms with Crippen molar-refractivity contribution < 1.29 is 4.79 Å². The molecule has 1 aliphatic rings. The van der Waals surface area contributed by atoms with Crippen LogP contribution in [0, 0.1) is 11.8 Å². The molecule has 3 heteroatoms. The lowest BCUT2D eigenvalue weighted by Crippen LogP contribution is -2.44. The average molecular weight is 212 g/mol. The maximum atomic E-state index is 11.8. The highest BCUT2D eigenvalue weighted by atomic mass is 16.1. The Morgan fingerprint density at radius 2 is 1.80 bits per heavy atom. The van der Waals surface area contributed by atoms with Gasteiger partial charge in [0.05, 0.1) is 0 Å². The molecule has 0 aromatic heterocycles. The summed E-state index contributed by atoms with van der Waals surface area (Å²) in [6.45, 7) is 5.88. The SMILES string of the molecule is CC(N)C(C)C(=O)NC(C)C1CCCC1. The van der Waals surface area contributed by atoms with E-state index in [-0.39, 0.29) is 17.9 Å². The molecule has 15 heavy (non-hydrogen) atoms. The van der Waals surface area contributed by atoms with Crippen LogP contribution in [0.5, 0.6) is 0 Å². The molecule has 0 bridgehead atoms. The van der Waals surface area contributed by atoms with Crippen molar-refractivity contribution in [2.75, 3.05) is 0 Å². The van der Waals surface area contributed by atoms with Gasteiger partial charge in [-0.15, -0.1) is 0 Å². The van der Waals surface area contributed by atoms with Crippen LogP contribution in [-0.4, -0.2) is 18.0 Å². The van der Waals surface area contributed by atoms with Crippen LogP contribution in [0.15, 0.2) is 0 Å². The molecule has 3 nitrogen and oxygen atoms in total. The average Bonchev–Trinajstić information content (AvgIpc) is 2.68. The summed E-state index contributed by atoms with van der Waals surface area (Å²) in [6.07, 6.45) is 5.14. The van der Waals surface area contributed by atoms with E-state index in [0.29, 0.717) is 12.0 Å². The van der Waals surface area contributed by atoms with E-state index >= 15 is 0 Å². The highest BCUT2D eigenvalue weighted by molar-refractivity contribution is 5.79. The van der Waals surface area contributed by atoms with Crippen molar-refractivity contribution in [2.24, 2.45) is 17.6 Å². The minimum Gasteiger partial charge on any atom is -0.353 e. The van der Waals surface area contributed by atoms with Crippen molar-refractivity contribution >= 4 is 5.91 Å². The molecule has 0 saturated heterocycles. The Morgan fingerprint density at radius 3 is 2.27 bits per heavy atom. The Morgan fingerprint density at radius 1 is 1.27 bits per heavy atom. The zero-order valence-electron chi connectivity index (χ0n) is 10.1. The second-order valence-electron chi connectivity index (χ2n) is 4.99. The van der Waals surface area contributed by atoms with Gasteiger partial charge in [0.1, 0.15) is 0 Å². The van der Waals surface area contributed by atoms with Crippen LogP contribution in [0.4, 0.5) is 0 Å². The third-order valence-electron chi connectivity index (χ3n) is 3.68. The van der Waals surface area contributed by atoms with E-state index in [1.807, 2.05) is 13.8 Å². The lowest BCUT2D eigenvalue weighted by atomic mass is 9.97. The lowest BCUT2D eigenvalue weighted by molar-refractivity contribution is -0.125. The van der Waals surface area contributed by atoms with Crippen LogP contribution in [0.1, 0.15) is 46.5 Å². The summed E-state index contributed by atoms with van der Waals surface area (Å²) >= 11 is 0. The molecule has 0 radical (unpaired) electrons. The van der Waals surface area contributed by atoms with Crippen molar-refractivity contribution in [3.63, 3.8) is 0 Å². The molecule has 3 N–H and O–H groups in total. The number of carbonyl (C=O) groups excluding carboxylic acids is 1. The summed E-state index contributed by atoms with van der Waals surface area (Å²) < 4.78 is 0. The van der Waals surface area contributed by atoms with Crippen molar-refractivity contribution in [1.82, 2.24) is 5.32 Å². The zero-order valence-corrected chi connectivity index (χ0v) is 10.1. The number of nitrogens with one attached hydrogen (secondary N) is 1. The Hall–Kier alpha value is -0.570. The number of amides is 1. The van der Waals surface area contributed by atoms with Gasteiger partial charge in [-0.2, -0.15) is 0 Å². The molecule has 1 aliphatic carbocycles. The zero-order chi connectivity index (χ0) is 11.4. The van der Waals surface area contributed by atoms with E-state index in [1.54, 1.807) is 0 Å². The van der Waals surface area contributed by atoms with Crippen LogP contribution in [0.25, 0.3) is 0 Å². The Bertz CT molecular complexity index is 210. The van der Waals surface area contributed by atoms with Crippen LogP contribution in [-0.2, 0) is 4.79 Å². The topological polar surface area (TPSA) is 55.1 Å². The molecular weight excluding hydrogens is 188 g/mol. The monoisotopic (exact) mass is 212 g/mol. The van der Waals surface area contributed by atoms with Crippen LogP contribution >= 0.6 is 0 Å². The summed E-state index contributed by atoms with van der Waals surface area (Å²) in [5.74, 6) is 0.687. The summed E-state index contributed by atoms with van der Waals surface area (Å²) in [6, 6.07) is 0.238. The molecule has 0 aliphatic heterocycles. The molecule has 88 valence electrons. The summed E-state index contributed by atoms with van der Waals surface area (Å²) in [7, 11) is 0. The molecule has 0 aromatic carbocycles. The maximum Gasteiger partial charge on any atom is 0.224 e. The fourth-order valence-corrected chi connectivity index (χ4v) is 2.17. The normalized spacial score (nSPS) is 23.5. The lowest BCUT2D eigenvalue weighted by Gasteiger charge is -2.23. The van der Waals surface area contributed by atoms with E-state index in [9.17, 15) is 4.79 Å². The highest BCUT2D eigenvalue weighted by Gasteiger charge is 2.25. The van der Waals surface area contributed by atoms with Gasteiger partial charge in [-0.1, -0.05) is 19.8 Å². The number of nitrogens with two attached hydrogens (primary N) is 1. The van der Waals surface area contributed by atoms with Gasteiger partial charge in [-0.3, -0.25) is 4.79 Å². The Kier molecular flexibility index (Phi) is 4.58. The van der Waals surface area contributed by atoms with Gasteiger partial charge < -0.3 is 11.1 Å². The first kappa shape index (κ1) is 12.5. The quantitative estimate of drug-likeness (QED) is 0.744. The fourth-order valence-electron chi connectivity index (χ4n) is 2.17. The molecule has 1 fully saturated rings. The number of hydrogen-bond donors (Lipinski definition) is 2. The van der Waals surface area contributed by atoms with Crippen molar-refractivity contribution in [2.45, 2.75) is 58.5 Å². The maximum absolute atomic E-state index is 11.8. The third-order valence-corrected chi connectivity index (χ3v) is 3.68. The molecule has 1 rings (SSSR count). The van der Waals surface area contributed by atoms with Gasteiger partial charge in [-0.25, -0.2) is 0 Å². The standard InChI is InChI=1S/C12H24N2O/c1-8(9(2)13)12(15)14-10(3)11-6-4-5-7-11/h8-11H,4-7,13H2,1-3H3,(H,14,15). The minimum absolute atomic E-state index is 0.0687. The van der Waals surface area contributed by atoms with Gasteiger partial charge in [0.15, 0.2) is 0 Å². The largest absolute Gasteiger partial charge is 0.353 e.